The Morgan fingerprint density at radius 3 is 2.72 bits per heavy atom. The van der Waals surface area contributed by atoms with Crippen LogP contribution < -0.4 is 0 Å². The average molecular weight is 246 g/mol. The van der Waals surface area contributed by atoms with E-state index in [2.05, 4.69) is 4.98 Å². The van der Waals surface area contributed by atoms with Gasteiger partial charge in [-0.05, 0) is 45.0 Å². The minimum absolute atomic E-state index is 0.339. The fourth-order valence-electron chi connectivity index (χ4n) is 1.72. The summed E-state index contributed by atoms with van der Waals surface area (Å²) in [5, 5.41) is 0. The second-order valence-electron chi connectivity index (χ2n) is 5.22. The second-order valence-corrected chi connectivity index (χ2v) is 5.22. The van der Waals surface area contributed by atoms with Crippen LogP contribution in [0.25, 0.3) is 0 Å². The van der Waals surface area contributed by atoms with Crippen LogP contribution in [0.2, 0.25) is 0 Å². The van der Waals surface area contributed by atoms with Crippen molar-refractivity contribution >= 4 is 6.09 Å². The van der Waals surface area contributed by atoms with Crippen molar-refractivity contribution in [2.45, 2.75) is 32.8 Å². The number of aromatic nitrogens is 2. The lowest BCUT2D eigenvalue weighted by Gasteiger charge is -2.20. The molecule has 0 spiro atoms. The van der Waals surface area contributed by atoms with Crippen LogP contribution in [0.5, 0.6) is 0 Å². The smallest absolute Gasteiger partial charge is 0.418 e. The number of nitrogens with one attached hydrogen (secondary N) is 1. The zero-order chi connectivity index (χ0) is 13.2. The van der Waals surface area contributed by atoms with Crippen LogP contribution in [0.3, 0.4) is 0 Å². The van der Waals surface area contributed by atoms with Crippen LogP contribution in [0.1, 0.15) is 32.2 Å². The summed E-state index contributed by atoms with van der Waals surface area (Å²) in [6.07, 6.45) is 3.94. The molecule has 0 bridgehead atoms. The molecule has 4 heteroatoms. The summed E-state index contributed by atoms with van der Waals surface area (Å²) in [5.74, 6) is 0. The zero-order valence-electron chi connectivity index (χ0n) is 10.9. The van der Waals surface area contributed by atoms with Crippen molar-refractivity contribution in [3.63, 3.8) is 0 Å². The van der Waals surface area contributed by atoms with E-state index in [0.717, 1.165) is 11.4 Å². The van der Waals surface area contributed by atoms with Crippen LogP contribution in [0, 0.1) is 0 Å². The molecule has 4 nitrogen and oxygen atoms in total. The van der Waals surface area contributed by atoms with Gasteiger partial charge in [-0.25, -0.2) is 4.79 Å². The number of rotatable bonds is 2. The monoisotopic (exact) mass is 246 g/mol. The van der Waals surface area contributed by atoms with Crippen LogP contribution in [-0.2, 0) is 11.2 Å². The molecule has 0 amide bonds. The van der Waals surface area contributed by atoms with Crippen LogP contribution >= 0.6 is 0 Å². The largest absolute Gasteiger partial charge is 0.443 e. The number of ether oxygens (including phenoxy) is 1. The third-order valence-electron chi connectivity index (χ3n) is 2.46. The Labute approximate surface area is 107 Å². The summed E-state index contributed by atoms with van der Waals surface area (Å²) in [6, 6.07) is 7.70. The van der Waals surface area contributed by atoms with Gasteiger partial charge in [0.05, 0.1) is 0 Å². The van der Waals surface area contributed by atoms with E-state index in [9.17, 15) is 4.79 Å². The van der Waals surface area contributed by atoms with Gasteiger partial charge in [0.15, 0.2) is 0 Å². The first-order valence-electron chi connectivity index (χ1n) is 5.97. The summed E-state index contributed by atoms with van der Waals surface area (Å²) in [4.78, 5) is 15.1. The van der Waals surface area contributed by atoms with Gasteiger partial charge in [0.25, 0.3) is 0 Å². The van der Waals surface area contributed by atoms with E-state index in [-0.39, 0.29) is 6.09 Å². The Hall–Kier alpha value is -1.97. The molecule has 18 heavy (non-hydrogen) atoms. The molecule has 0 atom stereocenters. The van der Waals surface area contributed by atoms with Gasteiger partial charge >= 0.3 is 6.09 Å². The van der Waals surface area contributed by atoms with Gasteiger partial charge in [-0.3, -0.25) is 4.57 Å². The van der Waals surface area contributed by atoms with E-state index in [0.29, 0.717) is 6.42 Å². The Morgan fingerprint density at radius 1 is 1.33 bits per heavy atom. The van der Waals surface area contributed by atoms with Gasteiger partial charge < -0.3 is 9.72 Å². The predicted octanol–water partition coefficient (Wildman–Crippen LogP) is 3.19. The van der Waals surface area contributed by atoms with Crippen molar-refractivity contribution in [1.29, 1.82) is 0 Å². The molecule has 2 aromatic rings. The standard InChI is InChI=1S/C14H18N2O2/c1-14(2,3)18-13(17)16-9-5-7-12(16)10-11-6-4-8-15-11/h4-9,15H,10H2,1-3H3. The van der Waals surface area contributed by atoms with Crippen LogP contribution in [0.15, 0.2) is 36.7 Å². The number of hydrogen-bond donors (Lipinski definition) is 1. The molecule has 2 heterocycles. The van der Waals surface area contributed by atoms with Crippen LogP contribution in [0.4, 0.5) is 4.79 Å². The molecule has 0 unspecified atom stereocenters. The highest BCUT2D eigenvalue weighted by atomic mass is 16.6. The van der Waals surface area contributed by atoms with E-state index in [1.54, 1.807) is 10.8 Å². The Balaban J connectivity index is 2.15. The Bertz CT molecular complexity index is 518. The lowest BCUT2D eigenvalue weighted by molar-refractivity contribution is 0.0533. The topological polar surface area (TPSA) is 47.0 Å². The highest BCUT2D eigenvalue weighted by molar-refractivity contribution is 5.72. The molecule has 0 saturated heterocycles. The van der Waals surface area contributed by atoms with Gasteiger partial charge in [0, 0.05) is 30.2 Å². The molecule has 96 valence electrons. The molecule has 0 aliphatic rings. The first-order valence-corrected chi connectivity index (χ1v) is 5.97. The summed E-state index contributed by atoms with van der Waals surface area (Å²) in [7, 11) is 0. The first-order chi connectivity index (χ1) is 8.46. The SMILES string of the molecule is CC(C)(C)OC(=O)n1cccc1Cc1ccc[nH]1. The molecular formula is C14H18N2O2. The minimum Gasteiger partial charge on any atom is -0.443 e. The van der Waals surface area contributed by atoms with Crippen molar-refractivity contribution in [3.05, 3.63) is 48.0 Å². The van der Waals surface area contributed by atoms with Crippen molar-refractivity contribution < 1.29 is 9.53 Å². The fraction of sp³-hybridized carbons (Fsp3) is 0.357. The zero-order valence-corrected chi connectivity index (χ0v) is 10.9. The lowest BCUT2D eigenvalue weighted by Crippen LogP contribution is -2.27. The van der Waals surface area contributed by atoms with Gasteiger partial charge in [0.2, 0.25) is 0 Å². The van der Waals surface area contributed by atoms with E-state index < -0.39 is 5.60 Å². The molecule has 1 N–H and O–H groups in total. The number of carbonyl (C=O) groups excluding carboxylic acids is 1. The Morgan fingerprint density at radius 2 is 2.11 bits per heavy atom. The number of carbonyl (C=O) groups is 1. The molecule has 0 fully saturated rings. The van der Waals surface area contributed by atoms with E-state index in [1.807, 2.05) is 51.2 Å². The lowest BCUT2D eigenvalue weighted by atomic mass is 10.2. The van der Waals surface area contributed by atoms with E-state index in [1.165, 1.54) is 0 Å². The predicted molar refractivity (Wildman–Crippen MR) is 69.7 cm³/mol. The maximum absolute atomic E-state index is 12.0. The van der Waals surface area contributed by atoms with Gasteiger partial charge in [-0.1, -0.05) is 0 Å². The van der Waals surface area contributed by atoms with E-state index >= 15 is 0 Å². The van der Waals surface area contributed by atoms with Gasteiger partial charge in [-0.15, -0.1) is 0 Å². The number of hydrogen-bond acceptors (Lipinski definition) is 2. The maximum Gasteiger partial charge on any atom is 0.418 e. The third kappa shape index (κ3) is 3.03. The number of nitrogens with zero attached hydrogens (tertiary/aromatic N) is 1. The second kappa shape index (κ2) is 4.72. The van der Waals surface area contributed by atoms with Crippen molar-refractivity contribution in [3.8, 4) is 0 Å². The quantitative estimate of drug-likeness (QED) is 0.884. The maximum atomic E-state index is 12.0. The summed E-state index contributed by atoms with van der Waals surface area (Å²) in [6.45, 7) is 5.58. The average Bonchev–Trinajstić information content (AvgIpc) is 2.86. The van der Waals surface area contributed by atoms with Crippen molar-refractivity contribution in [2.75, 3.05) is 0 Å². The molecule has 0 radical (unpaired) electrons. The highest BCUT2D eigenvalue weighted by Gasteiger charge is 2.19. The summed E-state index contributed by atoms with van der Waals surface area (Å²) >= 11 is 0. The molecule has 0 aromatic carbocycles. The molecular weight excluding hydrogens is 228 g/mol. The number of H-pyrrole nitrogens is 1. The fourth-order valence-corrected chi connectivity index (χ4v) is 1.72. The van der Waals surface area contributed by atoms with Crippen molar-refractivity contribution in [1.82, 2.24) is 9.55 Å². The van der Waals surface area contributed by atoms with Gasteiger partial charge in [-0.2, -0.15) is 0 Å². The molecule has 0 aliphatic heterocycles. The number of aromatic amines is 1. The first kappa shape index (κ1) is 12.5. The minimum atomic E-state index is -0.481. The molecule has 2 rings (SSSR count). The van der Waals surface area contributed by atoms with Crippen molar-refractivity contribution in [2.24, 2.45) is 0 Å². The van der Waals surface area contributed by atoms with Crippen LogP contribution in [-0.4, -0.2) is 21.2 Å². The molecule has 0 saturated carbocycles. The van der Waals surface area contributed by atoms with Gasteiger partial charge in [0.1, 0.15) is 5.60 Å². The molecule has 2 aromatic heterocycles. The normalized spacial score (nSPS) is 11.5. The third-order valence-corrected chi connectivity index (χ3v) is 2.46. The summed E-state index contributed by atoms with van der Waals surface area (Å²) in [5.41, 5.74) is 1.50. The molecule has 0 aliphatic carbocycles. The summed E-state index contributed by atoms with van der Waals surface area (Å²) < 4.78 is 6.90. The Kier molecular flexibility index (Phi) is 3.28. The van der Waals surface area contributed by atoms with E-state index in [4.69, 9.17) is 4.74 Å². The highest BCUT2D eigenvalue weighted by Crippen LogP contribution is 2.13.